The second-order valence-electron chi connectivity index (χ2n) is 7.17. The Morgan fingerprint density at radius 2 is 1.27 bits per heavy atom. The molecule has 0 spiro atoms. The van der Waals surface area contributed by atoms with E-state index in [2.05, 4.69) is 17.4 Å². The van der Waals surface area contributed by atoms with Crippen LogP contribution < -0.4 is 10.6 Å². The summed E-state index contributed by atoms with van der Waals surface area (Å²) in [6, 6.07) is 33.7. The maximum Gasteiger partial charge on any atom is 0.275 e. The molecule has 4 heteroatoms. The molecular weight excluding hydrogens is 372 g/mol. The van der Waals surface area contributed by atoms with Gasteiger partial charge < -0.3 is 15.1 Å². The van der Waals surface area contributed by atoms with Crippen molar-refractivity contribution in [3.05, 3.63) is 132 Å². The summed E-state index contributed by atoms with van der Waals surface area (Å²) in [5.74, 6) is 0.803. The van der Waals surface area contributed by atoms with Gasteiger partial charge in [-0.15, -0.1) is 0 Å². The largest absolute Gasteiger partial charge is 0.463 e. The standard InChI is InChI=1S/C26H24N2O2/c29-24(19-27-26(23-17-10-18-30-23)22-15-8-3-9-16-22)28-25(20-11-4-1-5-12-20)21-13-6-2-7-14-21/h1-18,25-27H,19H2,(H,28,29)/p+1/t26-/m1/s1. The molecule has 0 unspecified atom stereocenters. The summed E-state index contributed by atoms with van der Waals surface area (Å²) < 4.78 is 5.64. The normalized spacial score (nSPS) is 11.9. The fourth-order valence-electron chi connectivity index (χ4n) is 3.64. The lowest BCUT2D eigenvalue weighted by molar-refractivity contribution is -0.678. The Morgan fingerprint density at radius 3 is 1.77 bits per heavy atom. The van der Waals surface area contributed by atoms with Gasteiger partial charge >= 0.3 is 0 Å². The number of rotatable bonds is 8. The van der Waals surface area contributed by atoms with E-state index in [9.17, 15) is 4.79 Å². The molecule has 4 rings (SSSR count). The summed E-state index contributed by atoms with van der Waals surface area (Å²) in [5, 5.41) is 5.21. The van der Waals surface area contributed by atoms with Gasteiger partial charge in [0.2, 0.25) is 0 Å². The lowest BCUT2D eigenvalue weighted by Crippen LogP contribution is -2.87. The average molecular weight is 397 g/mol. The van der Waals surface area contributed by atoms with Gasteiger partial charge in [0.1, 0.15) is 0 Å². The number of amides is 1. The third kappa shape index (κ3) is 4.85. The van der Waals surface area contributed by atoms with E-state index < -0.39 is 0 Å². The molecule has 0 aliphatic carbocycles. The molecule has 3 N–H and O–H groups in total. The molecule has 0 aliphatic heterocycles. The van der Waals surface area contributed by atoms with Crippen molar-refractivity contribution in [3.63, 3.8) is 0 Å². The first-order chi connectivity index (χ1) is 14.8. The number of carbonyl (C=O) groups is 1. The van der Waals surface area contributed by atoms with Gasteiger partial charge in [-0.2, -0.15) is 0 Å². The smallest absolute Gasteiger partial charge is 0.275 e. The Hall–Kier alpha value is -3.63. The Morgan fingerprint density at radius 1 is 0.733 bits per heavy atom. The van der Waals surface area contributed by atoms with Gasteiger partial charge in [0.25, 0.3) is 5.91 Å². The number of hydrogen-bond donors (Lipinski definition) is 2. The summed E-state index contributed by atoms with van der Waals surface area (Å²) >= 11 is 0. The molecule has 0 saturated heterocycles. The van der Waals surface area contributed by atoms with E-state index in [1.54, 1.807) is 6.26 Å². The minimum Gasteiger partial charge on any atom is -0.463 e. The number of carbonyl (C=O) groups excluding carboxylic acids is 1. The highest BCUT2D eigenvalue weighted by molar-refractivity contribution is 5.77. The van der Waals surface area contributed by atoms with Crippen molar-refractivity contribution in [1.29, 1.82) is 0 Å². The predicted molar refractivity (Wildman–Crippen MR) is 117 cm³/mol. The molecule has 0 bridgehead atoms. The zero-order chi connectivity index (χ0) is 20.6. The fourth-order valence-corrected chi connectivity index (χ4v) is 3.64. The molecule has 1 amide bonds. The summed E-state index contributed by atoms with van der Waals surface area (Å²) in [4.78, 5) is 12.9. The Balaban J connectivity index is 1.49. The maximum atomic E-state index is 12.9. The number of furan rings is 1. The molecule has 4 aromatic rings. The van der Waals surface area contributed by atoms with Crippen molar-refractivity contribution in [2.45, 2.75) is 12.1 Å². The lowest BCUT2D eigenvalue weighted by atomic mass is 9.98. The Bertz CT molecular complexity index is 993. The lowest BCUT2D eigenvalue weighted by Gasteiger charge is -2.20. The summed E-state index contributed by atoms with van der Waals surface area (Å²) in [6.07, 6.45) is 1.67. The van der Waals surface area contributed by atoms with Crippen molar-refractivity contribution >= 4 is 5.91 Å². The first kappa shape index (κ1) is 19.7. The van der Waals surface area contributed by atoms with Crippen LogP contribution in [0.4, 0.5) is 0 Å². The van der Waals surface area contributed by atoms with Gasteiger partial charge in [0, 0.05) is 5.56 Å². The highest BCUT2D eigenvalue weighted by Crippen LogP contribution is 2.22. The molecule has 0 saturated carbocycles. The summed E-state index contributed by atoms with van der Waals surface area (Å²) in [5.41, 5.74) is 3.22. The second kappa shape index (κ2) is 9.72. The van der Waals surface area contributed by atoms with Crippen LogP contribution in [0.15, 0.2) is 114 Å². The van der Waals surface area contributed by atoms with Crippen LogP contribution in [-0.4, -0.2) is 12.5 Å². The van der Waals surface area contributed by atoms with E-state index in [0.717, 1.165) is 22.5 Å². The van der Waals surface area contributed by atoms with Crippen molar-refractivity contribution in [1.82, 2.24) is 5.32 Å². The summed E-state index contributed by atoms with van der Waals surface area (Å²) in [7, 11) is 0. The van der Waals surface area contributed by atoms with Gasteiger partial charge in [-0.25, -0.2) is 0 Å². The number of quaternary nitrogens is 1. The average Bonchev–Trinajstić information content (AvgIpc) is 3.34. The van der Waals surface area contributed by atoms with Gasteiger partial charge in [-0.05, 0) is 23.3 Å². The molecule has 3 aromatic carbocycles. The molecule has 0 aliphatic rings. The first-order valence-corrected chi connectivity index (χ1v) is 10.1. The van der Waals surface area contributed by atoms with Crippen LogP contribution in [0.25, 0.3) is 0 Å². The molecule has 1 heterocycles. The van der Waals surface area contributed by atoms with Crippen LogP contribution >= 0.6 is 0 Å². The van der Waals surface area contributed by atoms with Gasteiger partial charge in [-0.3, -0.25) is 4.79 Å². The van der Waals surface area contributed by atoms with Crippen LogP contribution in [0.1, 0.15) is 34.5 Å². The third-order valence-electron chi connectivity index (χ3n) is 5.12. The Kier molecular flexibility index (Phi) is 6.38. The van der Waals surface area contributed by atoms with E-state index in [0.29, 0.717) is 0 Å². The maximum absolute atomic E-state index is 12.9. The van der Waals surface area contributed by atoms with Crippen LogP contribution in [0.3, 0.4) is 0 Å². The molecule has 0 radical (unpaired) electrons. The van der Waals surface area contributed by atoms with Crippen molar-refractivity contribution in [3.8, 4) is 0 Å². The SMILES string of the molecule is O=C(C[NH2+][C@H](c1ccccc1)c1ccco1)NC(c1ccccc1)c1ccccc1. The molecule has 150 valence electrons. The molecule has 0 fully saturated rings. The minimum atomic E-state index is -0.188. The molecule has 30 heavy (non-hydrogen) atoms. The topological polar surface area (TPSA) is 58.9 Å². The monoisotopic (exact) mass is 397 g/mol. The minimum absolute atomic E-state index is 0.0276. The first-order valence-electron chi connectivity index (χ1n) is 10.1. The van der Waals surface area contributed by atoms with E-state index in [4.69, 9.17) is 4.42 Å². The number of hydrogen-bond acceptors (Lipinski definition) is 2. The van der Waals surface area contributed by atoms with Gasteiger partial charge in [0.15, 0.2) is 18.3 Å². The molecule has 1 atom stereocenters. The zero-order valence-corrected chi connectivity index (χ0v) is 16.6. The fraction of sp³-hybridized carbons (Fsp3) is 0.115. The van der Waals surface area contributed by atoms with E-state index in [1.165, 1.54) is 0 Å². The number of benzene rings is 3. The van der Waals surface area contributed by atoms with Gasteiger partial charge in [0.05, 0.1) is 12.3 Å². The van der Waals surface area contributed by atoms with Crippen molar-refractivity contribution in [2.75, 3.05) is 6.54 Å². The van der Waals surface area contributed by atoms with Crippen LogP contribution in [0.5, 0.6) is 0 Å². The van der Waals surface area contributed by atoms with E-state index >= 15 is 0 Å². The number of nitrogens with two attached hydrogens (primary N) is 1. The zero-order valence-electron chi connectivity index (χ0n) is 16.6. The molecule has 1 aromatic heterocycles. The van der Waals surface area contributed by atoms with Crippen LogP contribution in [0.2, 0.25) is 0 Å². The van der Waals surface area contributed by atoms with Crippen LogP contribution in [-0.2, 0) is 4.79 Å². The number of nitrogens with one attached hydrogen (secondary N) is 1. The van der Waals surface area contributed by atoms with E-state index in [-0.39, 0.29) is 24.5 Å². The molecular formula is C26H25N2O2+. The quantitative estimate of drug-likeness (QED) is 0.475. The highest BCUT2D eigenvalue weighted by atomic mass is 16.3. The van der Waals surface area contributed by atoms with Gasteiger partial charge in [-0.1, -0.05) is 91.0 Å². The van der Waals surface area contributed by atoms with Crippen molar-refractivity contribution < 1.29 is 14.5 Å². The highest BCUT2D eigenvalue weighted by Gasteiger charge is 2.23. The predicted octanol–water partition coefficient (Wildman–Crippen LogP) is 3.84. The molecule has 4 nitrogen and oxygen atoms in total. The third-order valence-corrected chi connectivity index (χ3v) is 5.12. The van der Waals surface area contributed by atoms with Crippen LogP contribution in [0, 0.1) is 0 Å². The summed E-state index contributed by atoms with van der Waals surface area (Å²) in [6.45, 7) is 0.288. The second-order valence-corrected chi connectivity index (χ2v) is 7.17. The Labute approximate surface area is 176 Å². The van der Waals surface area contributed by atoms with Crippen molar-refractivity contribution in [2.24, 2.45) is 0 Å². The van der Waals surface area contributed by atoms with E-state index in [1.807, 2.05) is 96.3 Å².